The van der Waals surface area contributed by atoms with Gasteiger partial charge in [0.2, 0.25) is 0 Å². The Morgan fingerprint density at radius 3 is 2.08 bits per heavy atom. The fourth-order valence-electron chi connectivity index (χ4n) is 4.90. The molecule has 1 unspecified atom stereocenters. The maximum Gasteiger partial charge on any atom is 0.308 e. The van der Waals surface area contributed by atoms with Crippen LogP contribution >= 0.6 is 0 Å². The molecule has 9 heteroatoms. The highest BCUT2D eigenvalue weighted by Crippen LogP contribution is 2.44. The summed E-state index contributed by atoms with van der Waals surface area (Å²) in [7, 11) is -3.76. The molecule has 0 radical (unpaired) electrons. The van der Waals surface area contributed by atoms with Crippen molar-refractivity contribution in [2.45, 2.75) is 62.7 Å². The van der Waals surface area contributed by atoms with Crippen molar-refractivity contribution in [2.75, 3.05) is 6.26 Å². The second kappa shape index (κ2) is 10.1. The molecule has 1 fully saturated rings. The van der Waals surface area contributed by atoms with Gasteiger partial charge in [-0.25, -0.2) is 17.2 Å². The van der Waals surface area contributed by atoms with Gasteiger partial charge in [-0.15, -0.1) is 0 Å². The summed E-state index contributed by atoms with van der Waals surface area (Å²) >= 11 is 0. The molecule has 2 heterocycles. The van der Waals surface area contributed by atoms with Crippen LogP contribution in [0.15, 0.2) is 53.4 Å². The van der Waals surface area contributed by atoms with E-state index in [-0.39, 0.29) is 23.8 Å². The summed E-state index contributed by atoms with van der Waals surface area (Å²) in [5, 5.41) is 10.0. The smallest absolute Gasteiger partial charge is 0.308 e. The summed E-state index contributed by atoms with van der Waals surface area (Å²) in [5.74, 6) is -1.58. The normalized spacial score (nSPS) is 18.5. The van der Waals surface area contributed by atoms with E-state index in [0.717, 1.165) is 6.26 Å². The van der Waals surface area contributed by atoms with Crippen molar-refractivity contribution in [1.82, 2.24) is 4.57 Å². The lowest BCUT2D eigenvalue weighted by atomic mass is 10.00. The molecule has 0 spiro atoms. The molecule has 1 aromatic heterocycles. The van der Waals surface area contributed by atoms with Crippen LogP contribution in [0.3, 0.4) is 0 Å². The molecule has 1 aliphatic rings. The van der Waals surface area contributed by atoms with Gasteiger partial charge in [0.15, 0.2) is 9.84 Å². The van der Waals surface area contributed by atoms with E-state index in [9.17, 15) is 27.1 Å². The van der Waals surface area contributed by atoms with Gasteiger partial charge in [0.1, 0.15) is 17.7 Å². The first-order chi connectivity index (χ1) is 17.0. The maximum absolute atomic E-state index is 13.8. The Bertz CT molecular complexity index is 1360. The molecule has 1 saturated heterocycles. The Morgan fingerprint density at radius 2 is 1.58 bits per heavy atom. The monoisotopic (exact) mass is 517 g/mol. The third-order valence-corrected chi connectivity index (χ3v) is 7.49. The van der Waals surface area contributed by atoms with E-state index >= 15 is 0 Å². The van der Waals surface area contributed by atoms with Crippen molar-refractivity contribution in [3.05, 3.63) is 65.9 Å². The average Bonchev–Trinajstić information content (AvgIpc) is 3.14. The summed E-state index contributed by atoms with van der Waals surface area (Å²) in [6.07, 6.45) is 0.408. The summed E-state index contributed by atoms with van der Waals surface area (Å²) < 4.78 is 61.3. The highest BCUT2D eigenvalue weighted by molar-refractivity contribution is 7.91. The first-order valence-corrected chi connectivity index (χ1v) is 13.7. The zero-order valence-electron chi connectivity index (χ0n) is 20.4. The molecule has 0 bridgehead atoms. The zero-order valence-corrected chi connectivity index (χ0v) is 21.2. The van der Waals surface area contributed by atoms with E-state index in [4.69, 9.17) is 4.74 Å². The Hall–Kier alpha value is -3.04. The third-order valence-electron chi connectivity index (χ3n) is 6.34. The lowest BCUT2D eigenvalue weighted by Gasteiger charge is -2.27. The Morgan fingerprint density at radius 1 is 1.03 bits per heavy atom. The zero-order chi connectivity index (χ0) is 26.2. The van der Waals surface area contributed by atoms with Gasteiger partial charge in [-0.05, 0) is 53.4 Å². The van der Waals surface area contributed by atoms with Gasteiger partial charge in [-0.2, -0.15) is 0 Å². The molecule has 6 nitrogen and oxygen atoms in total. The van der Waals surface area contributed by atoms with Crippen molar-refractivity contribution in [1.29, 1.82) is 0 Å². The molecular formula is C27H29F2NO5S. The Kier molecular flexibility index (Phi) is 7.33. The lowest BCUT2D eigenvalue weighted by Crippen LogP contribution is -2.33. The van der Waals surface area contributed by atoms with Gasteiger partial charge in [0.25, 0.3) is 0 Å². The van der Waals surface area contributed by atoms with Crippen LogP contribution in [-0.4, -0.2) is 42.5 Å². The topological polar surface area (TPSA) is 85.6 Å². The van der Waals surface area contributed by atoms with Crippen LogP contribution in [0, 0.1) is 11.6 Å². The Labute approximate surface area is 209 Å². The number of benzene rings is 2. The maximum atomic E-state index is 13.8. The molecule has 2 atom stereocenters. The number of hydrogen-bond acceptors (Lipinski definition) is 5. The van der Waals surface area contributed by atoms with Gasteiger partial charge < -0.3 is 14.4 Å². The number of hydrogen-bond donors (Lipinski definition) is 1. The fourth-order valence-corrected chi connectivity index (χ4v) is 6.21. The molecule has 2 aromatic carbocycles. The number of carbonyl (C=O) groups excluding carboxylic acids is 1. The van der Waals surface area contributed by atoms with Crippen LogP contribution in [0.1, 0.15) is 44.7 Å². The molecular weight excluding hydrogens is 488 g/mol. The van der Waals surface area contributed by atoms with Crippen molar-refractivity contribution in [3.63, 3.8) is 0 Å². The molecule has 0 saturated carbocycles. The lowest BCUT2D eigenvalue weighted by molar-refractivity contribution is -0.160. The number of aliphatic hydroxyl groups is 1. The van der Waals surface area contributed by atoms with E-state index in [0.29, 0.717) is 40.9 Å². The molecule has 36 heavy (non-hydrogen) atoms. The fraction of sp³-hybridized carbons (Fsp3) is 0.370. The molecule has 0 amide bonds. The summed E-state index contributed by atoms with van der Waals surface area (Å²) in [6, 6.07) is 11.4. The van der Waals surface area contributed by atoms with Crippen LogP contribution < -0.4 is 0 Å². The van der Waals surface area contributed by atoms with Gasteiger partial charge in [0, 0.05) is 36.9 Å². The minimum absolute atomic E-state index is 0.0506. The quantitative estimate of drug-likeness (QED) is 0.442. The number of esters is 1. The molecule has 192 valence electrons. The van der Waals surface area contributed by atoms with Gasteiger partial charge in [-0.3, -0.25) is 4.79 Å². The number of cyclic esters (lactones) is 1. The predicted molar refractivity (Wildman–Crippen MR) is 132 cm³/mol. The van der Waals surface area contributed by atoms with Crippen molar-refractivity contribution in [2.24, 2.45) is 0 Å². The number of rotatable bonds is 7. The van der Waals surface area contributed by atoms with Crippen LogP contribution in [0.25, 0.3) is 22.4 Å². The summed E-state index contributed by atoms with van der Waals surface area (Å²) in [4.78, 5) is 12.0. The van der Waals surface area contributed by atoms with Gasteiger partial charge >= 0.3 is 5.97 Å². The highest BCUT2D eigenvalue weighted by Gasteiger charge is 2.33. The van der Waals surface area contributed by atoms with Crippen LogP contribution in [0.4, 0.5) is 8.78 Å². The van der Waals surface area contributed by atoms with E-state index < -0.39 is 39.6 Å². The molecule has 1 aliphatic heterocycles. The average molecular weight is 518 g/mol. The van der Waals surface area contributed by atoms with Crippen LogP contribution in [0.5, 0.6) is 0 Å². The number of halogens is 2. The van der Waals surface area contributed by atoms with Crippen molar-refractivity contribution in [3.8, 4) is 22.4 Å². The second-order valence-corrected chi connectivity index (χ2v) is 11.5. The van der Waals surface area contributed by atoms with Gasteiger partial charge in [-0.1, -0.05) is 26.0 Å². The predicted octanol–water partition coefficient (Wildman–Crippen LogP) is 5.08. The summed E-state index contributed by atoms with van der Waals surface area (Å²) in [5.41, 5.74) is 2.62. The highest BCUT2D eigenvalue weighted by atomic mass is 32.2. The van der Waals surface area contributed by atoms with E-state index in [1.807, 2.05) is 18.4 Å². The molecule has 3 aromatic rings. The summed E-state index contributed by atoms with van der Waals surface area (Å²) in [6.45, 7) is 4.05. The van der Waals surface area contributed by atoms with Crippen LogP contribution in [-0.2, 0) is 25.9 Å². The first-order valence-electron chi connectivity index (χ1n) is 11.8. The number of nitrogens with zero attached hydrogens (tertiary/aromatic N) is 1. The Balaban J connectivity index is 1.98. The minimum atomic E-state index is -3.76. The van der Waals surface area contributed by atoms with E-state index in [1.54, 1.807) is 12.1 Å². The van der Waals surface area contributed by atoms with E-state index in [2.05, 4.69) is 0 Å². The SMILES string of the molecule is CC(C)c1c(S(C)(=O)=O)c(-c2ccc(F)cc2)c(-c2ccc(F)cc2)n1CCC1C[C@@H](O)CC(=O)O1. The van der Waals surface area contributed by atoms with Crippen LogP contribution in [0.2, 0.25) is 0 Å². The first kappa shape index (κ1) is 26.0. The second-order valence-electron chi connectivity index (χ2n) is 9.52. The number of aliphatic hydroxyl groups excluding tert-OH is 1. The number of carbonyl (C=O) groups is 1. The molecule has 0 aliphatic carbocycles. The largest absolute Gasteiger partial charge is 0.462 e. The third kappa shape index (κ3) is 5.37. The molecule has 4 rings (SSSR count). The number of sulfone groups is 1. The molecule has 1 N–H and O–H groups in total. The van der Waals surface area contributed by atoms with Crippen molar-refractivity contribution < 1.29 is 31.8 Å². The van der Waals surface area contributed by atoms with E-state index in [1.165, 1.54) is 36.4 Å². The number of aromatic nitrogens is 1. The standard InChI is InChI=1S/C27H29F2NO5S/c1-16(2)25-27(36(3,33)34)24(17-4-8-19(28)9-5-17)26(18-6-10-20(29)11-7-18)30(25)13-12-22-14-21(31)15-23(32)35-22/h4-11,16,21-22,31H,12-15H2,1-3H3/t21-,22?/m1/s1. The number of ether oxygens (including phenoxy) is 1. The minimum Gasteiger partial charge on any atom is -0.462 e. The van der Waals surface area contributed by atoms with Crippen molar-refractivity contribution >= 4 is 15.8 Å². The van der Waals surface area contributed by atoms with Gasteiger partial charge in [0.05, 0.1) is 23.1 Å².